The SMILES string of the molecule is CC(NC(=O)c1ccc2c(c1)OCO2)c1ccc2c(c1)OCCO2. The highest BCUT2D eigenvalue weighted by atomic mass is 16.7. The molecule has 2 aliphatic heterocycles. The molecule has 2 aromatic rings. The highest BCUT2D eigenvalue weighted by molar-refractivity contribution is 5.95. The summed E-state index contributed by atoms with van der Waals surface area (Å²) in [5.41, 5.74) is 1.48. The van der Waals surface area contributed by atoms with Crippen molar-refractivity contribution in [1.29, 1.82) is 0 Å². The molecule has 0 saturated heterocycles. The normalized spacial score (nSPS) is 15.7. The van der Waals surface area contributed by atoms with Crippen LogP contribution in [-0.2, 0) is 0 Å². The highest BCUT2D eigenvalue weighted by Crippen LogP contribution is 2.34. The summed E-state index contributed by atoms with van der Waals surface area (Å²) in [4.78, 5) is 12.5. The molecule has 0 aromatic heterocycles. The number of nitrogens with one attached hydrogen (secondary N) is 1. The summed E-state index contributed by atoms with van der Waals surface area (Å²) in [6.45, 7) is 3.21. The van der Waals surface area contributed by atoms with Crippen molar-refractivity contribution in [1.82, 2.24) is 5.32 Å². The van der Waals surface area contributed by atoms with Crippen LogP contribution in [0.15, 0.2) is 36.4 Å². The topological polar surface area (TPSA) is 66.0 Å². The zero-order valence-electron chi connectivity index (χ0n) is 13.2. The number of carbonyl (C=O) groups is 1. The number of hydrogen-bond acceptors (Lipinski definition) is 5. The van der Waals surface area contributed by atoms with E-state index in [-0.39, 0.29) is 18.7 Å². The summed E-state index contributed by atoms with van der Waals surface area (Å²) in [6.07, 6.45) is 0. The van der Waals surface area contributed by atoms with Crippen LogP contribution >= 0.6 is 0 Å². The van der Waals surface area contributed by atoms with Crippen LogP contribution in [0.3, 0.4) is 0 Å². The first-order chi connectivity index (χ1) is 11.7. The maximum Gasteiger partial charge on any atom is 0.251 e. The molecule has 4 rings (SSSR count). The zero-order valence-corrected chi connectivity index (χ0v) is 13.2. The number of rotatable bonds is 3. The maximum absolute atomic E-state index is 12.5. The van der Waals surface area contributed by atoms with Crippen LogP contribution in [-0.4, -0.2) is 25.9 Å². The molecule has 2 aromatic carbocycles. The minimum Gasteiger partial charge on any atom is -0.486 e. The van der Waals surface area contributed by atoms with Crippen LogP contribution in [0, 0.1) is 0 Å². The van der Waals surface area contributed by atoms with Crippen LogP contribution in [0.1, 0.15) is 28.9 Å². The first kappa shape index (κ1) is 14.7. The van der Waals surface area contributed by atoms with Crippen molar-refractivity contribution in [3.8, 4) is 23.0 Å². The van der Waals surface area contributed by atoms with Gasteiger partial charge in [-0.15, -0.1) is 0 Å². The van der Waals surface area contributed by atoms with Gasteiger partial charge in [0.2, 0.25) is 6.79 Å². The quantitative estimate of drug-likeness (QED) is 0.939. The molecule has 2 aliphatic rings. The first-order valence-electron chi connectivity index (χ1n) is 7.81. The number of benzene rings is 2. The van der Waals surface area contributed by atoms with E-state index in [1.165, 1.54) is 0 Å². The second-order valence-corrected chi connectivity index (χ2v) is 5.67. The van der Waals surface area contributed by atoms with Crippen molar-refractivity contribution in [2.75, 3.05) is 20.0 Å². The van der Waals surface area contributed by atoms with Gasteiger partial charge >= 0.3 is 0 Å². The van der Waals surface area contributed by atoms with Gasteiger partial charge in [0.1, 0.15) is 13.2 Å². The Morgan fingerprint density at radius 3 is 2.46 bits per heavy atom. The Hall–Kier alpha value is -2.89. The standard InChI is InChI=1S/C18H17NO5/c1-11(12-2-4-14-16(8-12)22-7-6-21-14)19-18(20)13-3-5-15-17(9-13)24-10-23-15/h2-5,8-9,11H,6-7,10H2,1H3,(H,19,20). The van der Waals surface area contributed by atoms with E-state index in [0.717, 1.165) is 11.3 Å². The minimum absolute atomic E-state index is 0.168. The lowest BCUT2D eigenvalue weighted by Gasteiger charge is -2.21. The van der Waals surface area contributed by atoms with E-state index in [4.69, 9.17) is 18.9 Å². The summed E-state index contributed by atoms with van der Waals surface area (Å²) in [5.74, 6) is 2.53. The van der Waals surface area contributed by atoms with Crippen LogP contribution in [0.2, 0.25) is 0 Å². The molecular formula is C18H17NO5. The second kappa shape index (κ2) is 5.96. The zero-order chi connectivity index (χ0) is 16.5. The molecule has 0 fully saturated rings. The van der Waals surface area contributed by atoms with E-state index in [9.17, 15) is 4.79 Å². The smallest absolute Gasteiger partial charge is 0.251 e. The minimum atomic E-state index is -0.171. The molecule has 24 heavy (non-hydrogen) atoms. The first-order valence-corrected chi connectivity index (χ1v) is 7.81. The molecule has 6 nitrogen and oxygen atoms in total. The predicted octanol–water partition coefficient (Wildman–Crippen LogP) is 2.68. The number of hydrogen-bond donors (Lipinski definition) is 1. The summed E-state index contributed by atoms with van der Waals surface area (Å²) < 4.78 is 21.7. The summed E-state index contributed by atoms with van der Waals surface area (Å²) in [7, 11) is 0. The fourth-order valence-electron chi connectivity index (χ4n) is 2.73. The van der Waals surface area contributed by atoms with E-state index in [1.54, 1.807) is 18.2 Å². The molecular weight excluding hydrogens is 310 g/mol. The van der Waals surface area contributed by atoms with E-state index in [0.29, 0.717) is 36.0 Å². The largest absolute Gasteiger partial charge is 0.486 e. The lowest BCUT2D eigenvalue weighted by atomic mass is 10.1. The third-order valence-electron chi connectivity index (χ3n) is 4.05. The van der Waals surface area contributed by atoms with Crippen molar-refractivity contribution in [3.05, 3.63) is 47.5 Å². The summed E-state index contributed by atoms with van der Waals surface area (Å²) in [5, 5.41) is 2.98. The van der Waals surface area contributed by atoms with Gasteiger partial charge in [0, 0.05) is 5.56 Å². The van der Waals surface area contributed by atoms with E-state index in [2.05, 4.69) is 5.32 Å². The number of fused-ring (bicyclic) bond motifs is 2. The van der Waals surface area contributed by atoms with Crippen molar-refractivity contribution in [2.45, 2.75) is 13.0 Å². The summed E-state index contributed by atoms with van der Waals surface area (Å²) in [6, 6.07) is 10.7. The highest BCUT2D eigenvalue weighted by Gasteiger charge is 2.19. The molecule has 124 valence electrons. The monoisotopic (exact) mass is 327 g/mol. The maximum atomic E-state index is 12.5. The molecule has 1 unspecified atom stereocenters. The van der Waals surface area contributed by atoms with Crippen molar-refractivity contribution in [3.63, 3.8) is 0 Å². The molecule has 0 saturated carbocycles. The van der Waals surface area contributed by atoms with Gasteiger partial charge in [0.15, 0.2) is 23.0 Å². The lowest BCUT2D eigenvalue weighted by Crippen LogP contribution is -2.26. The van der Waals surface area contributed by atoms with Gasteiger partial charge in [-0.2, -0.15) is 0 Å². The Morgan fingerprint density at radius 2 is 1.58 bits per heavy atom. The van der Waals surface area contributed by atoms with Crippen molar-refractivity contribution in [2.24, 2.45) is 0 Å². The lowest BCUT2D eigenvalue weighted by molar-refractivity contribution is 0.0939. The molecule has 1 N–H and O–H groups in total. The van der Waals surface area contributed by atoms with Crippen LogP contribution < -0.4 is 24.3 Å². The fourth-order valence-corrected chi connectivity index (χ4v) is 2.73. The van der Waals surface area contributed by atoms with Crippen molar-refractivity contribution < 1.29 is 23.7 Å². The molecule has 0 radical (unpaired) electrons. The average Bonchev–Trinajstić information content (AvgIpc) is 3.08. The van der Waals surface area contributed by atoms with Gasteiger partial charge in [-0.05, 0) is 42.8 Å². The average molecular weight is 327 g/mol. The second-order valence-electron chi connectivity index (χ2n) is 5.67. The fraction of sp³-hybridized carbons (Fsp3) is 0.278. The van der Waals surface area contributed by atoms with E-state index >= 15 is 0 Å². The third-order valence-corrected chi connectivity index (χ3v) is 4.05. The van der Waals surface area contributed by atoms with Crippen LogP contribution in [0.25, 0.3) is 0 Å². The van der Waals surface area contributed by atoms with Crippen LogP contribution in [0.4, 0.5) is 0 Å². The van der Waals surface area contributed by atoms with E-state index < -0.39 is 0 Å². The molecule has 6 heteroatoms. The van der Waals surface area contributed by atoms with Gasteiger partial charge in [-0.25, -0.2) is 0 Å². The predicted molar refractivity (Wildman–Crippen MR) is 85.9 cm³/mol. The third kappa shape index (κ3) is 2.71. The van der Waals surface area contributed by atoms with E-state index in [1.807, 2.05) is 25.1 Å². The van der Waals surface area contributed by atoms with Crippen LogP contribution in [0.5, 0.6) is 23.0 Å². The number of amides is 1. The Labute approximate surface area is 139 Å². The van der Waals surface area contributed by atoms with Gasteiger partial charge in [-0.1, -0.05) is 6.07 Å². The molecule has 1 amide bonds. The molecule has 1 atom stereocenters. The number of carbonyl (C=O) groups excluding carboxylic acids is 1. The Kier molecular flexibility index (Phi) is 3.65. The van der Waals surface area contributed by atoms with Gasteiger partial charge in [-0.3, -0.25) is 4.79 Å². The Morgan fingerprint density at radius 1 is 0.917 bits per heavy atom. The van der Waals surface area contributed by atoms with Gasteiger partial charge < -0.3 is 24.3 Å². The number of ether oxygens (including phenoxy) is 4. The molecule has 0 bridgehead atoms. The molecule has 0 aliphatic carbocycles. The summed E-state index contributed by atoms with van der Waals surface area (Å²) >= 11 is 0. The molecule has 2 heterocycles. The molecule has 0 spiro atoms. The van der Waals surface area contributed by atoms with Crippen molar-refractivity contribution >= 4 is 5.91 Å². The Balaban J connectivity index is 1.49. The van der Waals surface area contributed by atoms with Gasteiger partial charge in [0.25, 0.3) is 5.91 Å². The van der Waals surface area contributed by atoms with Gasteiger partial charge in [0.05, 0.1) is 6.04 Å². The Bertz CT molecular complexity index is 789.